The van der Waals surface area contributed by atoms with Gasteiger partial charge in [-0.15, -0.1) is 0 Å². The van der Waals surface area contributed by atoms with Crippen LogP contribution >= 0.6 is 23.2 Å². The molecule has 0 radical (unpaired) electrons. The third kappa shape index (κ3) is 4.00. The molecule has 6 nitrogen and oxygen atoms in total. The molecule has 2 aliphatic rings. The molecule has 0 aliphatic carbocycles. The smallest absolute Gasteiger partial charge is 0.203 e. The molecule has 2 aliphatic heterocycles. The van der Waals surface area contributed by atoms with Crippen LogP contribution in [0.3, 0.4) is 0 Å². The molecule has 0 saturated carbocycles. The summed E-state index contributed by atoms with van der Waals surface area (Å²) in [6.07, 6.45) is 6.20. The van der Waals surface area contributed by atoms with Crippen molar-refractivity contribution in [3.8, 4) is 0 Å². The average Bonchev–Trinajstić information content (AvgIpc) is 2.72. The quantitative estimate of drug-likeness (QED) is 0.682. The number of guanidine groups is 1. The minimum absolute atomic E-state index is 0.0284. The highest BCUT2D eigenvalue weighted by Gasteiger charge is 2.39. The van der Waals surface area contributed by atoms with Gasteiger partial charge in [0.25, 0.3) is 0 Å². The van der Waals surface area contributed by atoms with Crippen molar-refractivity contribution in [1.82, 2.24) is 19.8 Å². The fourth-order valence-corrected chi connectivity index (χ4v) is 3.83. The lowest BCUT2D eigenvalue weighted by molar-refractivity contribution is 0.0828. The molecule has 0 spiro atoms. The summed E-state index contributed by atoms with van der Waals surface area (Å²) in [4.78, 5) is 30.5. The molecule has 3 heterocycles. The summed E-state index contributed by atoms with van der Waals surface area (Å²) in [5.74, 6) is 0.769. The second-order valence-electron chi connectivity index (χ2n) is 7.74. The van der Waals surface area contributed by atoms with E-state index in [4.69, 9.17) is 28.2 Å². The number of benzene rings is 1. The minimum atomic E-state index is -0.213. The van der Waals surface area contributed by atoms with E-state index >= 15 is 0 Å². The second-order valence-corrected chi connectivity index (χ2v) is 8.56. The third-order valence-electron chi connectivity index (χ3n) is 5.36. The van der Waals surface area contributed by atoms with Crippen LogP contribution in [0.2, 0.25) is 10.0 Å². The molecule has 1 aromatic heterocycles. The number of Topliss-reactive ketones (excluding diaryl/α,β-unsaturated/α-hetero) is 1. The largest absolute Gasteiger partial charge is 0.339 e. The van der Waals surface area contributed by atoms with Gasteiger partial charge in [-0.25, -0.2) is 15.0 Å². The van der Waals surface area contributed by atoms with Crippen molar-refractivity contribution in [2.24, 2.45) is 4.99 Å². The molecule has 0 atom stereocenters. The van der Waals surface area contributed by atoms with Gasteiger partial charge in [0.05, 0.1) is 28.0 Å². The first-order chi connectivity index (χ1) is 13.8. The molecular formula is C21H21Cl2N5O. The fraction of sp³-hybridized carbons (Fsp3) is 0.333. The normalized spacial score (nSPS) is 18.1. The zero-order chi connectivity index (χ0) is 20.6. The number of halogens is 2. The Labute approximate surface area is 179 Å². The van der Waals surface area contributed by atoms with Gasteiger partial charge in [0.1, 0.15) is 6.33 Å². The van der Waals surface area contributed by atoms with E-state index in [0.29, 0.717) is 15.6 Å². The predicted molar refractivity (Wildman–Crippen MR) is 115 cm³/mol. The van der Waals surface area contributed by atoms with E-state index < -0.39 is 0 Å². The molecule has 0 N–H and O–H groups in total. The van der Waals surface area contributed by atoms with Crippen molar-refractivity contribution in [3.05, 3.63) is 64.2 Å². The topological polar surface area (TPSA) is 61.7 Å². The molecule has 8 heteroatoms. The lowest BCUT2D eigenvalue weighted by Gasteiger charge is -2.49. The Kier molecular flexibility index (Phi) is 5.32. The lowest BCUT2D eigenvalue weighted by atomic mass is 9.94. The Morgan fingerprint density at radius 2 is 2.03 bits per heavy atom. The van der Waals surface area contributed by atoms with Crippen molar-refractivity contribution < 1.29 is 4.79 Å². The molecule has 0 amide bonds. The highest BCUT2D eigenvalue weighted by molar-refractivity contribution is 6.42. The van der Waals surface area contributed by atoms with Gasteiger partial charge >= 0.3 is 0 Å². The molecule has 29 heavy (non-hydrogen) atoms. The number of carbonyl (C=O) groups excluding carboxylic acids is 1. The molecule has 1 saturated heterocycles. The van der Waals surface area contributed by atoms with Gasteiger partial charge in [0, 0.05) is 30.4 Å². The van der Waals surface area contributed by atoms with Crippen LogP contribution in [0.25, 0.3) is 5.70 Å². The molecular weight excluding hydrogens is 409 g/mol. The molecule has 0 bridgehead atoms. The summed E-state index contributed by atoms with van der Waals surface area (Å²) >= 11 is 12.1. The van der Waals surface area contributed by atoms with Gasteiger partial charge in [-0.05, 0) is 50.6 Å². The Hall–Kier alpha value is -2.44. The highest BCUT2D eigenvalue weighted by Crippen LogP contribution is 2.31. The number of hydrogen-bond acceptors (Lipinski definition) is 6. The van der Waals surface area contributed by atoms with E-state index in [0.717, 1.165) is 36.9 Å². The van der Waals surface area contributed by atoms with Crippen molar-refractivity contribution in [2.75, 3.05) is 19.6 Å². The van der Waals surface area contributed by atoms with Crippen LogP contribution < -0.4 is 0 Å². The first-order valence-corrected chi connectivity index (χ1v) is 10.2. The van der Waals surface area contributed by atoms with Crippen molar-refractivity contribution in [3.63, 3.8) is 0 Å². The fourth-order valence-electron chi connectivity index (χ4n) is 3.53. The summed E-state index contributed by atoms with van der Waals surface area (Å²) < 4.78 is 0. The number of aliphatic imine (C=N–C) groups is 1. The molecule has 4 rings (SSSR count). The minimum Gasteiger partial charge on any atom is -0.339 e. The molecule has 150 valence electrons. The molecule has 2 aromatic rings. The summed E-state index contributed by atoms with van der Waals surface area (Å²) in [5.41, 5.74) is 1.89. The van der Waals surface area contributed by atoms with Crippen molar-refractivity contribution >= 4 is 40.6 Å². The number of carbonyl (C=O) groups is 1. The monoisotopic (exact) mass is 429 g/mol. The van der Waals surface area contributed by atoms with Gasteiger partial charge in [-0.1, -0.05) is 23.2 Å². The van der Waals surface area contributed by atoms with E-state index in [2.05, 4.69) is 39.7 Å². The summed E-state index contributed by atoms with van der Waals surface area (Å²) in [5, 5.41) is 0.810. The van der Waals surface area contributed by atoms with Crippen LogP contribution in [0.1, 0.15) is 36.3 Å². The Bertz CT molecular complexity index is 1000. The molecule has 1 aromatic carbocycles. The van der Waals surface area contributed by atoms with E-state index in [1.54, 1.807) is 24.4 Å². The van der Waals surface area contributed by atoms with Gasteiger partial charge in [-0.2, -0.15) is 0 Å². The van der Waals surface area contributed by atoms with Gasteiger partial charge in [-0.3, -0.25) is 4.79 Å². The standard InChI is InChI=1S/C21H21Cl2N5O/c1-21(2)7-10-27-9-6-18(17-5-8-24-13-25-17)26-20(27)28(21)12-19(29)14-3-4-15(22)16(23)11-14/h3-6,8,11,13H,7,9-10,12H2,1-2H3. The van der Waals surface area contributed by atoms with Gasteiger partial charge in [0.15, 0.2) is 5.78 Å². The number of aromatic nitrogens is 2. The van der Waals surface area contributed by atoms with E-state index in [9.17, 15) is 4.79 Å². The predicted octanol–water partition coefficient (Wildman–Crippen LogP) is 4.16. The number of nitrogens with zero attached hydrogens (tertiary/aromatic N) is 5. The first-order valence-electron chi connectivity index (χ1n) is 9.41. The maximum absolute atomic E-state index is 13.0. The number of ketones is 1. The van der Waals surface area contributed by atoms with Crippen LogP contribution in [0, 0.1) is 0 Å². The second kappa shape index (κ2) is 7.76. The summed E-state index contributed by atoms with van der Waals surface area (Å²) in [6.45, 7) is 6.09. The highest BCUT2D eigenvalue weighted by atomic mass is 35.5. The van der Waals surface area contributed by atoms with Crippen LogP contribution in [-0.4, -0.2) is 56.7 Å². The summed E-state index contributed by atoms with van der Waals surface area (Å²) in [7, 11) is 0. The Balaban J connectivity index is 1.65. The zero-order valence-corrected chi connectivity index (χ0v) is 17.8. The van der Waals surface area contributed by atoms with E-state index in [1.807, 2.05) is 6.07 Å². The maximum Gasteiger partial charge on any atom is 0.203 e. The van der Waals surface area contributed by atoms with Gasteiger partial charge in [0.2, 0.25) is 5.96 Å². The van der Waals surface area contributed by atoms with Gasteiger partial charge < -0.3 is 9.80 Å². The average molecular weight is 430 g/mol. The number of fused-ring (bicyclic) bond motifs is 1. The van der Waals surface area contributed by atoms with Crippen LogP contribution in [0.5, 0.6) is 0 Å². The van der Waals surface area contributed by atoms with E-state index in [1.165, 1.54) is 6.33 Å². The molecule has 1 fully saturated rings. The maximum atomic E-state index is 13.0. The lowest BCUT2D eigenvalue weighted by Crippen LogP contribution is -2.61. The van der Waals surface area contributed by atoms with Crippen LogP contribution in [0.15, 0.2) is 47.9 Å². The molecule has 0 unspecified atom stereocenters. The van der Waals surface area contributed by atoms with Crippen LogP contribution in [-0.2, 0) is 0 Å². The van der Waals surface area contributed by atoms with E-state index in [-0.39, 0.29) is 17.9 Å². The Morgan fingerprint density at radius 1 is 1.21 bits per heavy atom. The Morgan fingerprint density at radius 3 is 2.76 bits per heavy atom. The van der Waals surface area contributed by atoms with Crippen molar-refractivity contribution in [1.29, 1.82) is 0 Å². The van der Waals surface area contributed by atoms with Crippen LogP contribution in [0.4, 0.5) is 0 Å². The third-order valence-corrected chi connectivity index (χ3v) is 6.10. The SMILES string of the molecule is CC1(C)CCN2CC=C(c3ccncn3)N=C2N1CC(=O)c1ccc(Cl)c(Cl)c1. The zero-order valence-electron chi connectivity index (χ0n) is 16.3. The summed E-state index contributed by atoms with van der Waals surface area (Å²) in [6, 6.07) is 6.82. The number of rotatable bonds is 4. The van der Waals surface area contributed by atoms with Crippen molar-refractivity contribution in [2.45, 2.75) is 25.8 Å². The number of hydrogen-bond donors (Lipinski definition) is 0. The first kappa shape index (κ1) is 19.9.